The van der Waals surface area contributed by atoms with Crippen LogP contribution in [0.15, 0.2) is 48.6 Å². The van der Waals surface area contributed by atoms with Crippen molar-refractivity contribution in [2.45, 2.75) is 38.6 Å². The Bertz CT molecular complexity index is 562. The number of nitrogens with one attached hydrogen (secondary N) is 1. The average molecular weight is 327 g/mol. The Hall–Kier alpha value is -2.08. The molecule has 0 saturated carbocycles. The van der Waals surface area contributed by atoms with Crippen LogP contribution in [0.2, 0.25) is 0 Å². The molecule has 126 valence electrons. The van der Waals surface area contributed by atoms with Crippen LogP contribution in [0.25, 0.3) is 0 Å². The van der Waals surface area contributed by atoms with E-state index in [1.165, 1.54) is 18.2 Å². The minimum Gasteiger partial charge on any atom is -0.386 e. The van der Waals surface area contributed by atoms with E-state index in [1.807, 2.05) is 6.92 Å². The third kappa shape index (κ3) is 5.90. The van der Waals surface area contributed by atoms with Gasteiger partial charge in [-0.3, -0.25) is 4.79 Å². The number of alkyl halides is 3. The molecule has 1 aromatic rings. The first-order chi connectivity index (χ1) is 10.8. The largest absolute Gasteiger partial charge is 0.416 e. The Morgan fingerprint density at radius 1 is 1.26 bits per heavy atom. The zero-order valence-electron chi connectivity index (χ0n) is 13.0. The molecular weight excluding hydrogens is 307 g/mol. The number of carbonyl (C=O) groups excluding carboxylic acids is 1. The lowest BCUT2D eigenvalue weighted by Gasteiger charge is -2.23. The highest BCUT2D eigenvalue weighted by Crippen LogP contribution is 2.30. The Kier molecular flexibility index (Phi) is 7.03. The van der Waals surface area contributed by atoms with Crippen molar-refractivity contribution >= 4 is 5.91 Å². The van der Waals surface area contributed by atoms with Crippen molar-refractivity contribution < 1.29 is 23.1 Å². The van der Waals surface area contributed by atoms with Crippen LogP contribution >= 0.6 is 0 Å². The van der Waals surface area contributed by atoms with Crippen LogP contribution in [-0.4, -0.2) is 17.1 Å². The SMILES string of the molecule is CC=C/C=C/C(=O)NC(CC)C(O)c1ccc(C(F)(F)F)cc1. The Morgan fingerprint density at radius 2 is 1.87 bits per heavy atom. The first-order valence-corrected chi connectivity index (χ1v) is 7.24. The van der Waals surface area contributed by atoms with Crippen molar-refractivity contribution in [3.8, 4) is 0 Å². The van der Waals surface area contributed by atoms with Gasteiger partial charge in [-0.1, -0.05) is 37.3 Å². The highest BCUT2D eigenvalue weighted by Gasteiger charge is 2.30. The fourth-order valence-electron chi connectivity index (χ4n) is 1.99. The summed E-state index contributed by atoms with van der Waals surface area (Å²) >= 11 is 0. The van der Waals surface area contributed by atoms with Crippen LogP contribution < -0.4 is 5.32 Å². The number of halogens is 3. The molecule has 2 atom stereocenters. The molecule has 3 nitrogen and oxygen atoms in total. The number of rotatable bonds is 6. The minimum atomic E-state index is -4.42. The summed E-state index contributed by atoms with van der Waals surface area (Å²) < 4.78 is 37.6. The van der Waals surface area contributed by atoms with Crippen LogP contribution in [0.5, 0.6) is 0 Å². The second kappa shape index (κ2) is 8.53. The zero-order valence-corrected chi connectivity index (χ0v) is 13.0. The maximum absolute atomic E-state index is 12.5. The van der Waals surface area contributed by atoms with Gasteiger partial charge in [0.05, 0.1) is 17.7 Å². The van der Waals surface area contributed by atoms with Crippen molar-refractivity contribution in [1.29, 1.82) is 0 Å². The van der Waals surface area contributed by atoms with Crippen molar-refractivity contribution in [1.82, 2.24) is 5.32 Å². The van der Waals surface area contributed by atoms with Gasteiger partial charge in [0.15, 0.2) is 0 Å². The third-order valence-electron chi connectivity index (χ3n) is 3.28. The van der Waals surface area contributed by atoms with Crippen molar-refractivity contribution in [2.75, 3.05) is 0 Å². The standard InChI is InChI=1S/C17H20F3NO2/c1-3-5-6-7-15(22)21-14(4-2)16(23)12-8-10-13(11-9-12)17(18,19)20/h3,5-11,14,16,23H,4H2,1-2H3,(H,21,22)/b5-3?,7-6+. The van der Waals surface area contributed by atoms with E-state index in [0.29, 0.717) is 12.0 Å². The Balaban J connectivity index is 2.80. The summed E-state index contributed by atoms with van der Waals surface area (Å²) in [5.41, 5.74) is -0.456. The predicted octanol–water partition coefficient (Wildman–Crippen LogP) is 3.77. The molecule has 6 heteroatoms. The molecule has 0 bridgehead atoms. The van der Waals surface area contributed by atoms with Gasteiger partial charge in [0.25, 0.3) is 0 Å². The van der Waals surface area contributed by atoms with Crippen molar-refractivity contribution in [3.05, 3.63) is 59.7 Å². The summed E-state index contributed by atoms with van der Waals surface area (Å²) in [6, 6.07) is 3.68. The second-order valence-electron chi connectivity index (χ2n) is 4.97. The van der Waals surface area contributed by atoms with E-state index in [2.05, 4.69) is 5.32 Å². The molecule has 0 aliphatic carbocycles. The van der Waals surface area contributed by atoms with Gasteiger partial charge in [-0.15, -0.1) is 0 Å². The quantitative estimate of drug-likeness (QED) is 0.617. The molecule has 0 heterocycles. The maximum atomic E-state index is 12.5. The highest BCUT2D eigenvalue weighted by molar-refractivity contribution is 5.88. The smallest absolute Gasteiger partial charge is 0.386 e. The first kappa shape index (κ1) is 19.0. The van der Waals surface area contributed by atoms with Gasteiger partial charge in [0, 0.05) is 6.08 Å². The van der Waals surface area contributed by atoms with Crippen LogP contribution in [-0.2, 0) is 11.0 Å². The number of aliphatic hydroxyl groups excluding tert-OH is 1. The molecule has 0 aliphatic heterocycles. The van der Waals surface area contributed by atoms with Crippen LogP contribution in [0.1, 0.15) is 37.5 Å². The van der Waals surface area contributed by atoms with E-state index in [0.717, 1.165) is 12.1 Å². The topological polar surface area (TPSA) is 49.3 Å². The fourth-order valence-corrected chi connectivity index (χ4v) is 1.99. The zero-order chi connectivity index (χ0) is 17.5. The van der Waals surface area contributed by atoms with E-state index in [1.54, 1.807) is 25.2 Å². The molecule has 0 spiro atoms. The molecular formula is C17H20F3NO2. The molecule has 0 radical (unpaired) electrons. The van der Waals surface area contributed by atoms with Gasteiger partial charge in [-0.2, -0.15) is 13.2 Å². The van der Waals surface area contributed by atoms with E-state index >= 15 is 0 Å². The lowest BCUT2D eigenvalue weighted by molar-refractivity contribution is -0.137. The van der Waals surface area contributed by atoms with Crippen LogP contribution in [0, 0.1) is 0 Å². The van der Waals surface area contributed by atoms with Gasteiger partial charge in [0.1, 0.15) is 0 Å². The van der Waals surface area contributed by atoms with Crippen LogP contribution in [0.4, 0.5) is 13.2 Å². The number of amides is 1. The second-order valence-corrected chi connectivity index (χ2v) is 4.97. The molecule has 0 aliphatic rings. The normalized spacial score (nSPS) is 15.0. The van der Waals surface area contributed by atoms with Gasteiger partial charge in [0.2, 0.25) is 5.91 Å². The number of allylic oxidation sites excluding steroid dienone is 3. The monoisotopic (exact) mass is 327 g/mol. The number of benzene rings is 1. The lowest BCUT2D eigenvalue weighted by Crippen LogP contribution is -2.38. The molecule has 2 N–H and O–H groups in total. The van der Waals surface area contributed by atoms with Crippen LogP contribution in [0.3, 0.4) is 0 Å². The molecule has 0 aromatic heterocycles. The Morgan fingerprint density at radius 3 is 2.35 bits per heavy atom. The number of carbonyl (C=O) groups is 1. The third-order valence-corrected chi connectivity index (χ3v) is 3.28. The molecule has 1 aromatic carbocycles. The number of aliphatic hydroxyl groups is 1. The van der Waals surface area contributed by atoms with Gasteiger partial charge in [-0.25, -0.2) is 0 Å². The summed E-state index contributed by atoms with van der Waals surface area (Å²) in [5, 5.41) is 12.9. The van der Waals surface area contributed by atoms with Crippen molar-refractivity contribution in [3.63, 3.8) is 0 Å². The molecule has 2 unspecified atom stereocenters. The van der Waals surface area contributed by atoms with E-state index in [-0.39, 0.29) is 5.91 Å². The molecule has 1 rings (SSSR count). The van der Waals surface area contributed by atoms with E-state index in [4.69, 9.17) is 0 Å². The first-order valence-electron chi connectivity index (χ1n) is 7.24. The van der Waals surface area contributed by atoms with Gasteiger partial charge < -0.3 is 10.4 Å². The number of hydrogen-bond donors (Lipinski definition) is 2. The summed E-state index contributed by atoms with van der Waals surface area (Å²) in [5.74, 6) is -0.374. The average Bonchev–Trinajstić information content (AvgIpc) is 2.51. The molecule has 23 heavy (non-hydrogen) atoms. The molecule has 0 fully saturated rings. The van der Waals surface area contributed by atoms with Gasteiger partial charge >= 0.3 is 6.18 Å². The Labute approximate surface area is 133 Å². The minimum absolute atomic E-state index is 0.322. The fraction of sp³-hybridized carbons (Fsp3) is 0.353. The summed E-state index contributed by atoms with van der Waals surface area (Å²) in [4.78, 5) is 11.7. The summed E-state index contributed by atoms with van der Waals surface area (Å²) in [6.07, 6.45) is 1.27. The summed E-state index contributed by atoms with van der Waals surface area (Å²) in [7, 11) is 0. The van der Waals surface area contributed by atoms with Gasteiger partial charge in [-0.05, 0) is 31.0 Å². The number of hydrogen-bond acceptors (Lipinski definition) is 2. The predicted molar refractivity (Wildman–Crippen MR) is 82.6 cm³/mol. The van der Waals surface area contributed by atoms with E-state index < -0.39 is 23.9 Å². The highest BCUT2D eigenvalue weighted by atomic mass is 19.4. The molecule has 1 amide bonds. The molecule has 0 saturated heterocycles. The van der Waals surface area contributed by atoms with Crippen molar-refractivity contribution in [2.24, 2.45) is 0 Å². The summed E-state index contributed by atoms with van der Waals surface area (Å²) in [6.45, 7) is 3.58. The maximum Gasteiger partial charge on any atom is 0.416 e. The van der Waals surface area contributed by atoms with E-state index in [9.17, 15) is 23.1 Å². The lowest BCUT2D eigenvalue weighted by atomic mass is 9.99.